The molecule has 0 saturated carbocycles. The molecule has 0 radical (unpaired) electrons. The highest BCUT2D eigenvalue weighted by Gasteiger charge is 2.14. The summed E-state index contributed by atoms with van der Waals surface area (Å²) in [4.78, 5) is 12.2. The van der Waals surface area contributed by atoms with Crippen LogP contribution in [0.25, 0.3) is 17.5 Å². The quantitative estimate of drug-likeness (QED) is 0.589. The van der Waals surface area contributed by atoms with Crippen molar-refractivity contribution in [2.75, 3.05) is 5.32 Å². The SMILES string of the molecule is N#C/C(=C/c1ccccc1)C(=O)Nc1nnc(-c2ccccc2)o1. The van der Waals surface area contributed by atoms with E-state index in [1.165, 1.54) is 6.08 Å². The van der Waals surface area contributed by atoms with Gasteiger partial charge in [0.05, 0.1) is 0 Å². The Balaban J connectivity index is 1.76. The van der Waals surface area contributed by atoms with Crippen molar-refractivity contribution in [2.24, 2.45) is 0 Å². The Morgan fingerprint density at radius 2 is 1.71 bits per heavy atom. The van der Waals surface area contributed by atoms with Crippen LogP contribution in [0.3, 0.4) is 0 Å². The fraction of sp³-hybridized carbons (Fsp3) is 0. The van der Waals surface area contributed by atoms with E-state index in [-0.39, 0.29) is 17.5 Å². The van der Waals surface area contributed by atoms with Gasteiger partial charge in [0.1, 0.15) is 11.6 Å². The summed E-state index contributed by atoms with van der Waals surface area (Å²) in [6.07, 6.45) is 1.49. The summed E-state index contributed by atoms with van der Waals surface area (Å²) in [6.45, 7) is 0. The second kappa shape index (κ2) is 7.03. The lowest BCUT2D eigenvalue weighted by Crippen LogP contribution is -2.13. The van der Waals surface area contributed by atoms with Crippen molar-refractivity contribution in [2.45, 2.75) is 0 Å². The van der Waals surface area contributed by atoms with E-state index in [0.717, 1.165) is 11.1 Å². The molecule has 1 heterocycles. The average molecular weight is 316 g/mol. The summed E-state index contributed by atoms with van der Waals surface area (Å²) < 4.78 is 5.39. The number of nitrogens with zero attached hydrogens (tertiary/aromatic N) is 3. The van der Waals surface area contributed by atoms with Crippen molar-refractivity contribution in [1.29, 1.82) is 5.26 Å². The van der Waals surface area contributed by atoms with Crippen LogP contribution in [0.5, 0.6) is 0 Å². The van der Waals surface area contributed by atoms with Crippen LogP contribution in [-0.2, 0) is 4.79 Å². The molecule has 3 rings (SSSR count). The van der Waals surface area contributed by atoms with Crippen LogP contribution in [0.15, 0.2) is 70.7 Å². The maximum absolute atomic E-state index is 12.2. The van der Waals surface area contributed by atoms with E-state index in [2.05, 4.69) is 15.5 Å². The highest BCUT2D eigenvalue weighted by Crippen LogP contribution is 2.19. The molecule has 0 aliphatic carbocycles. The first kappa shape index (κ1) is 15.2. The summed E-state index contributed by atoms with van der Waals surface area (Å²) in [7, 11) is 0. The predicted octanol–water partition coefficient (Wildman–Crippen LogP) is 3.28. The molecule has 6 nitrogen and oxygen atoms in total. The molecule has 116 valence electrons. The fourth-order valence-corrected chi connectivity index (χ4v) is 2.00. The van der Waals surface area contributed by atoms with Crippen LogP contribution < -0.4 is 5.32 Å². The molecule has 2 aromatic carbocycles. The molecular weight excluding hydrogens is 304 g/mol. The number of anilines is 1. The summed E-state index contributed by atoms with van der Waals surface area (Å²) >= 11 is 0. The Labute approximate surface area is 138 Å². The van der Waals surface area contributed by atoms with Crippen LogP contribution in [0.2, 0.25) is 0 Å². The van der Waals surface area contributed by atoms with Crippen LogP contribution in [0, 0.1) is 11.3 Å². The first-order chi connectivity index (χ1) is 11.8. The lowest BCUT2D eigenvalue weighted by atomic mass is 10.1. The van der Waals surface area contributed by atoms with Crippen LogP contribution in [0.1, 0.15) is 5.56 Å². The molecule has 24 heavy (non-hydrogen) atoms. The van der Waals surface area contributed by atoms with Gasteiger partial charge in [-0.15, -0.1) is 5.10 Å². The first-order valence-electron chi connectivity index (χ1n) is 7.13. The van der Waals surface area contributed by atoms with Gasteiger partial charge in [-0.3, -0.25) is 10.1 Å². The summed E-state index contributed by atoms with van der Waals surface area (Å²) in [6, 6.07) is 20.1. The Morgan fingerprint density at radius 3 is 2.38 bits per heavy atom. The fourth-order valence-electron chi connectivity index (χ4n) is 2.00. The molecular formula is C18H12N4O2. The van der Waals surface area contributed by atoms with Gasteiger partial charge in [0.2, 0.25) is 5.89 Å². The number of benzene rings is 2. The van der Waals surface area contributed by atoms with E-state index in [0.29, 0.717) is 0 Å². The molecule has 0 aliphatic rings. The molecule has 1 N–H and O–H groups in total. The number of hydrogen-bond acceptors (Lipinski definition) is 5. The second-order valence-electron chi connectivity index (χ2n) is 4.81. The van der Waals surface area contributed by atoms with Gasteiger partial charge in [0.15, 0.2) is 0 Å². The second-order valence-corrected chi connectivity index (χ2v) is 4.81. The maximum atomic E-state index is 12.2. The molecule has 0 aliphatic heterocycles. The van der Waals surface area contributed by atoms with Gasteiger partial charge >= 0.3 is 6.01 Å². The van der Waals surface area contributed by atoms with E-state index >= 15 is 0 Å². The third-order valence-electron chi connectivity index (χ3n) is 3.14. The Bertz CT molecular complexity index is 909. The standard InChI is InChI=1S/C18H12N4O2/c19-12-15(11-13-7-3-1-4-8-13)16(23)20-18-22-21-17(24-18)14-9-5-2-6-10-14/h1-11H,(H,20,22,23)/b15-11-. The topological polar surface area (TPSA) is 91.8 Å². The van der Waals surface area contributed by atoms with Gasteiger partial charge in [0, 0.05) is 5.56 Å². The number of rotatable bonds is 4. The number of aromatic nitrogens is 2. The van der Waals surface area contributed by atoms with E-state index in [1.807, 2.05) is 54.6 Å². The van der Waals surface area contributed by atoms with Crippen LogP contribution in [0.4, 0.5) is 6.01 Å². The van der Waals surface area contributed by atoms with E-state index in [4.69, 9.17) is 4.42 Å². The summed E-state index contributed by atoms with van der Waals surface area (Å²) in [5.74, 6) is -0.318. The van der Waals surface area contributed by atoms with Gasteiger partial charge in [-0.05, 0) is 23.8 Å². The highest BCUT2D eigenvalue weighted by atomic mass is 16.4. The third kappa shape index (κ3) is 3.54. The number of nitriles is 1. The van der Waals surface area contributed by atoms with E-state index in [1.54, 1.807) is 12.1 Å². The number of nitrogens with one attached hydrogen (secondary N) is 1. The smallest absolute Gasteiger partial charge is 0.322 e. The van der Waals surface area contributed by atoms with Gasteiger partial charge in [-0.25, -0.2) is 0 Å². The first-order valence-corrected chi connectivity index (χ1v) is 7.13. The molecule has 1 aromatic heterocycles. The van der Waals surface area contributed by atoms with Crippen molar-refractivity contribution >= 4 is 18.0 Å². The molecule has 0 spiro atoms. The molecule has 0 bridgehead atoms. The monoisotopic (exact) mass is 316 g/mol. The van der Waals surface area contributed by atoms with E-state index in [9.17, 15) is 10.1 Å². The number of amides is 1. The Kier molecular flexibility index (Phi) is 4.45. The lowest BCUT2D eigenvalue weighted by Gasteiger charge is -1.99. The zero-order valence-electron chi connectivity index (χ0n) is 12.5. The molecule has 0 atom stereocenters. The minimum atomic E-state index is -0.607. The maximum Gasteiger partial charge on any atom is 0.322 e. The van der Waals surface area contributed by atoms with Crippen LogP contribution >= 0.6 is 0 Å². The Morgan fingerprint density at radius 1 is 1.04 bits per heavy atom. The van der Waals surface area contributed by atoms with Crippen molar-refractivity contribution in [3.05, 3.63) is 71.8 Å². The molecule has 6 heteroatoms. The molecule has 0 fully saturated rings. The minimum absolute atomic E-state index is 0.0549. The average Bonchev–Trinajstić information content (AvgIpc) is 3.09. The van der Waals surface area contributed by atoms with Gasteiger partial charge in [-0.2, -0.15) is 5.26 Å². The summed E-state index contributed by atoms with van der Waals surface area (Å²) in [5.41, 5.74) is 1.44. The zero-order chi connectivity index (χ0) is 16.8. The summed E-state index contributed by atoms with van der Waals surface area (Å²) in [5, 5.41) is 19.3. The van der Waals surface area contributed by atoms with Crippen molar-refractivity contribution in [3.63, 3.8) is 0 Å². The van der Waals surface area contributed by atoms with Gasteiger partial charge < -0.3 is 4.42 Å². The highest BCUT2D eigenvalue weighted by molar-refractivity contribution is 6.08. The van der Waals surface area contributed by atoms with Crippen molar-refractivity contribution in [3.8, 4) is 17.5 Å². The molecule has 1 amide bonds. The molecule has 3 aromatic rings. The van der Waals surface area contributed by atoms with Gasteiger partial charge in [0.25, 0.3) is 5.91 Å². The van der Waals surface area contributed by atoms with Crippen LogP contribution in [-0.4, -0.2) is 16.1 Å². The van der Waals surface area contributed by atoms with Crippen molar-refractivity contribution in [1.82, 2.24) is 10.2 Å². The van der Waals surface area contributed by atoms with E-state index < -0.39 is 5.91 Å². The largest absolute Gasteiger partial charge is 0.403 e. The van der Waals surface area contributed by atoms with Crippen molar-refractivity contribution < 1.29 is 9.21 Å². The zero-order valence-corrected chi connectivity index (χ0v) is 12.5. The minimum Gasteiger partial charge on any atom is -0.403 e. The number of carbonyl (C=O) groups excluding carboxylic acids is 1. The lowest BCUT2D eigenvalue weighted by molar-refractivity contribution is -0.112. The predicted molar refractivity (Wildman–Crippen MR) is 88.4 cm³/mol. The number of hydrogen-bond donors (Lipinski definition) is 1. The number of carbonyl (C=O) groups is 1. The normalized spacial score (nSPS) is 10.9. The third-order valence-corrected chi connectivity index (χ3v) is 3.14. The molecule has 0 saturated heterocycles. The Hall–Kier alpha value is -3.72. The van der Waals surface area contributed by atoms with Gasteiger partial charge in [-0.1, -0.05) is 53.6 Å². The molecule has 0 unspecified atom stereocenters.